The maximum Gasteiger partial charge on any atom is 0.245 e. The first-order valence-corrected chi connectivity index (χ1v) is 4.15. The van der Waals surface area contributed by atoms with Crippen LogP contribution in [0.2, 0.25) is 0 Å². The molecule has 0 unspecified atom stereocenters. The van der Waals surface area contributed by atoms with Crippen molar-refractivity contribution in [1.82, 2.24) is 5.48 Å². The smallest absolute Gasteiger partial charge is 0.245 e. The normalized spacial score (nSPS) is 9.57. The lowest BCUT2D eigenvalue weighted by molar-refractivity contribution is -0.128. The van der Waals surface area contributed by atoms with Gasteiger partial charge >= 0.3 is 0 Å². The molecule has 3 N–H and O–H groups in total. The number of nitrogens with one attached hydrogen (secondary N) is 2. The van der Waals surface area contributed by atoms with Crippen LogP contribution in [0.15, 0.2) is 24.3 Å². The van der Waals surface area contributed by atoms with Crippen molar-refractivity contribution in [3.05, 3.63) is 30.1 Å². The number of carbonyl (C=O) groups excluding carboxylic acids is 1. The highest BCUT2D eigenvalue weighted by molar-refractivity contribution is 5.75. The van der Waals surface area contributed by atoms with Crippen molar-refractivity contribution in [2.75, 3.05) is 11.9 Å². The standard InChI is InChI=1S/C9H11FN2O2/c10-7-1-3-8(4-2-7)11-6-5-9(13)12-14/h1-4,11,14H,5-6H2,(H,12,13). The first-order valence-electron chi connectivity index (χ1n) is 4.15. The molecule has 0 aliphatic heterocycles. The van der Waals surface area contributed by atoms with E-state index in [1.165, 1.54) is 17.6 Å². The zero-order valence-corrected chi connectivity index (χ0v) is 7.46. The van der Waals surface area contributed by atoms with E-state index in [4.69, 9.17) is 5.21 Å². The molecule has 1 amide bonds. The fourth-order valence-electron chi connectivity index (χ4n) is 0.944. The zero-order chi connectivity index (χ0) is 10.4. The Bertz CT molecular complexity index is 300. The van der Waals surface area contributed by atoms with Crippen LogP contribution in [0.1, 0.15) is 6.42 Å². The molecule has 14 heavy (non-hydrogen) atoms. The highest BCUT2D eigenvalue weighted by atomic mass is 19.1. The lowest BCUT2D eigenvalue weighted by atomic mass is 10.3. The molecule has 0 heterocycles. The molecule has 0 saturated heterocycles. The number of hydroxylamine groups is 1. The number of benzene rings is 1. The summed E-state index contributed by atoms with van der Waals surface area (Å²) >= 11 is 0. The predicted molar refractivity (Wildman–Crippen MR) is 49.4 cm³/mol. The third kappa shape index (κ3) is 3.40. The first kappa shape index (κ1) is 10.5. The first-order chi connectivity index (χ1) is 6.72. The second kappa shape index (κ2) is 5.18. The van der Waals surface area contributed by atoms with E-state index >= 15 is 0 Å². The third-order valence-corrected chi connectivity index (χ3v) is 1.65. The molecule has 0 aliphatic carbocycles. The Morgan fingerprint density at radius 1 is 1.36 bits per heavy atom. The summed E-state index contributed by atoms with van der Waals surface area (Å²) in [5.41, 5.74) is 2.25. The van der Waals surface area contributed by atoms with Crippen molar-refractivity contribution < 1.29 is 14.4 Å². The van der Waals surface area contributed by atoms with Gasteiger partial charge < -0.3 is 5.32 Å². The van der Waals surface area contributed by atoms with Crippen LogP contribution < -0.4 is 10.8 Å². The molecule has 76 valence electrons. The van der Waals surface area contributed by atoms with Crippen LogP contribution in [0, 0.1) is 5.82 Å². The van der Waals surface area contributed by atoms with Crippen molar-refractivity contribution in [2.24, 2.45) is 0 Å². The molecule has 0 saturated carbocycles. The summed E-state index contributed by atoms with van der Waals surface area (Å²) in [5.74, 6) is -0.761. The summed E-state index contributed by atoms with van der Waals surface area (Å²) in [6, 6.07) is 5.81. The maximum atomic E-state index is 12.5. The van der Waals surface area contributed by atoms with Crippen LogP contribution in [-0.4, -0.2) is 17.7 Å². The Labute approximate surface area is 80.7 Å². The number of rotatable bonds is 4. The van der Waals surface area contributed by atoms with Gasteiger partial charge in [0.1, 0.15) is 5.82 Å². The number of halogens is 1. The van der Waals surface area contributed by atoms with E-state index in [9.17, 15) is 9.18 Å². The van der Waals surface area contributed by atoms with Crippen LogP contribution in [-0.2, 0) is 4.79 Å². The van der Waals surface area contributed by atoms with E-state index in [-0.39, 0.29) is 12.2 Å². The fraction of sp³-hybridized carbons (Fsp3) is 0.222. The molecule has 0 atom stereocenters. The van der Waals surface area contributed by atoms with Crippen LogP contribution in [0.5, 0.6) is 0 Å². The highest BCUT2D eigenvalue weighted by Gasteiger charge is 1.98. The maximum absolute atomic E-state index is 12.5. The molecule has 1 rings (SSSR count). The average Bonchev–Trinajstić information content (AvgIpc) is 2.21. The number of amides is 1. The van der Waals surface area contributed by atoms with Gasteiger partial charge in [0.25, 0.3) is 0 Å². The monoisotopic (exact) mass is 198 g/mol. The minimum Gasteiger partial charge on any atom is -0.385 e. The second-order valence-corrected chi connectivity index (χ2v) is 2.72. The average molecular weight is 198 g/mol. The predicted octanol–water partition coefficient (Wildman–Crippen LogP) is 1.13. The van der Waals surface area contributed by atoms with Crippen molar-refractivity contribution in [1.29, 1.82) is 0 Å². The highest BCUT2D eigenvalue weighted by Crippen LogP contribution is 2.07. The molecular weight excluding hydrogens is 187 g/mol. The number of hydrogen-bond donors (Lipinski definition) is 3. The summed E-state index contributed by atoms with van der Waals surface area (Å²) in [5, 5.41) is 11.1. The molecule has 1 aromatic carbocycles. The molecule has 0 bridgehead atoms. The van der Waals surface area contributed by atoms with E-state index in [2.05, 4.69) is 5.32 Å². The van der Waals surface area contributed by atoms with E-state index in [1.807, 2.05) is 0 Å². The van der Waals surface area contributed by atoms with Gasteiger partial charge in [-0.2, -0.15) is 0 Å². The van der Waals surface area contributed by atoms with Crippen LogP contribution in [0.25, 0.3) is 0 Å². The molecule has 5 heteroatoms. The van der Waals surface area contributed by atoms with Crippen molar-refractivity contribution in [3.8, 4) is 0 Å². The van der Waals surface area contributed by atoms with Crippen molar-refractivity contribution in [2.45, 2.75) is 6.42 Å². The molecule has 0 aromatic heterocycles. The van der Waals surface area contributed by atoms with E-state index in [1.54, 1.807) is 12.1 Å². The van der Waals surface area contributed by atoms with E-state index < -0.39 is 5.91 Å². The van der Waals surface area contributed by atoms with Gasteiger partial charge in [0.05, 0.1) is 0 Å². The number of carbonyl (C=O) groups is 1. The Morgan fingerprint density at radius 2 is 2.00 bits per heavy atom. The van der Waals surface area contributed by atoms with Gasteiger partial charge in [0, 0.05) is 18.7 Å². The quantitative estimate of drug-likeness (QED) is 0.502. The largest absolute Gasteiger partial charge is 0.385 e. The Kier molecular flexibility index (Phi) is 3.87. The van der Waals surface area contributed by atoms with Crippen molar-refractivity contribution in [3.63, 3.8) is 0 Å². The molecule has 1 aromatic rings. The van der Waals surface area contributed by atoms with Gasteiger partial charge in [-0.05, 0) is 24.3 Å². The van der Waals surface area contributed by atoms with Crippen LogP contribution in [0.4, 0.5) is 10.1 Å². The van der Waals surface area contributed by atoms with Gasteiger partial charge in [-0.15, -0.1) is 0 Å². The lowest BCUT2D eigenvalue weighted by Crippen LogP contribution is -2.21. The summed E-state index contributed by atoms with van der Waals surface area (Å²) in [4.78, 5) is 10.6. The van der Waals surface area contributed by atoms with Gasteiger partial charge in [-0.1, -0.05) is 0 Å². The molecule has 4 nitrogen and oxygen atoms in total. The van der Waals surface area contributed by atoms with Gasteiger partial charge in [0.2, 0.25) is 5.91 Å². The van der Waals surface area contributed by atoms with E-state index in [0.717, 1.165) is 5.69 Å². The summed E-state index contributed by atoms with van der Waals surface area (Å²) in [6.07, 6.45) is 0.161. The summed E-state index contributed by atoms with van der Waals surface area (Å²) in [6.45, 7) is 0.387. The van der Waals surface area contributed by atoms with Crippen LogP contribution >= 0.6 is 0 Å². The zero-order valence-electron chi connectivity index (χ0n) is 7.46. The van der Waals surface area contributed by atoms with Crippen molar-refractivity contribution >= 4 is 11.6 Å². The van der Waals surface area contributed by atoms with Gasteiger partial charge in [-0.3, -0.25) is 10.0 Å². The molecule has 0 spiro atoms. The topological polar surface area (TPSA) is 61.4 Å². The number of hydrogen-bond acceptors (Lipinski definition) is 3. The Hall–Kier alpha value is -1.62. The minimum atomic E-state index is -0.459. The fourth-order valence-corrected chi connectivity index (χ4v) is 0.944. The SMILES string of the molecule is O=C(CCNc1ccc(F)cc1)NO. The molecule has 0 radical (unpaired) electrons. The summed E-state index contributed by atoms with van der Waals surface area (Å²) < 4.78 is 12.5. The molecular formula is C9H11FN2O2. The van der Waals surface area contributed by atoms with Gasteiger partial charge in [0.15, 0.2) is 0 Å². The Morgan fingerprint density at radius 3 is 2.57 bits per heavy atom. The minimum absolute atomic E-state index is 0.161. The van der Waals surface area contributed by atoms with Crippen LogP contribution in [0.3, 0.4) is 0 Å². The summed E-state index contributed by atoms with van der Waals surface area (Å²) in [7, 11) is 0. The number of anilines is 1. The lowest BCUT2D eigenvalue weighted by Gasteiger charge is -2.04. The third-order valence-electron chi connectivity index (χ3n) is 1.65. The molecule has 0 fully saturated rings. The van der Waals surface area contributed by atoms with E-state index in [0.29, 0.717) is 6.54 Å². The molecule has 0 aliphatic rings. The Balaban J connectivity index is 2.31. The second-order valence-electron chi connectivity index (χ2n) is 2.72. The van der Waals surface area contributed by atoms with Gasteiger partial charge in [-0.25, -0.2) is 9.87 Å².